The van der Waals surface area contributed by atoms with E-state index in [1.165, 1.54) is 30.9 Å². The first kappa shape index (κ1) is 50.6. The molecule has 2 aromatic rings. The van der Waals surface area contributed by atoms with Crippen LogP contribution in [0.3, 0.4) is 0 Å². The summed E-state index contributed by atoms with van der Waals surface area (Å²) in [5.41, 5.74) is 1.21. The van der Waals surface area contributed by atoms with Gasteiger partial charge in [0, 0.05) is 25.8 Å². The predicted octanol–water partition coefficient (Wildman–Crippen LogP) is 0.907. The third-order valence-electron chi connectivity index (χ3n) is 11.1. The Morgan fingerprint density at radius 2 is 1.50 bits per heavy atom. The van der Waals surface area contributed by atoms with E-state index in [1.54, 1.807) is 42.5 Å². The maximum atomic E-state index is 14.6. The zero-order valence-corrected chi connectivity index (χ0v) is 37.6. The molecule has 18 nitrogen and oxygen atoms in total. The number of benzene rings is 2. The summed E-state index contributed by atoms with van der Waals surface area (Å²) >= 11 is 0. The summed E-state index contributed by atoms with van der Waals surface area (Å²) in [6, 6.07) is 6.73. The molecule has 2 aliphatic rings. The van der Waals surface area contributed by atoms with Crippen LogP contribution in [0.5, 0.6) is 5.75 Å². The van der Waals surface area contributed by atoms with Gasteiger partial charge in [-0.3, -0.25) is 38.4 Å². The predicted molar refractivity (Wildman–Crippen MR) is 235 cm³/mol. The molecule has 8 N–H and O–H groups in total. The Hall–Kier alpha value is -6.04. The molecule has 0 bridgehead atoms. The van der Waals surface area contributed by atoms with Gasteiger partial charge in [-0.2, -0.15) is 0 Å². The van der Waals surface area contributed by atoms with Crippen molar-refractivity contribution in [2.75, 3.05) is 13.1 Å². The van der Waals surface area contributed by atoms with Gasteiger partial charge >= 0.3 is 5.97 Å². The fourth-order valence-corrected chi connectivity index (χ4v) is 7.69. The molecular formula is C46H65N7O11. The van der Waals surface area contributed by atoms with Gasteiger partial charge in [-0.15, -0.1) is 0 Å². The molecule has 8 atom stereocenters. The second kappa shape index (κ2) is 24.1. The molecule has 2 heterocycles. The Kier molecular flexibility index (Phi) is 19.1. The summed E-state index contributed by atoms with van der Waals surface area (Å²) in [5, 5.41) is 36.3. The zero-order chi connectivity index (χ0) is 47.1. The topological polar surface area (TPSA) is 262 Å². The number of aliphatic hydroxyl groups is 1. The second-order valence-corrected chi connectivity index (χ2v) is 17.5. The van der Waals surface area contributed by atoms with Gasteiger partial charge in [0.1, 0.15) is 54.6 Å². The van der Waals surface area contributed by atoms with E-state index >= 15 is 0 Å². The number of ether oxygens (including phenoxy) is 1. The molecule has 2 aliphatic heterocycles. The number of aromatic hydroxyl groups is 1. The number of phenols is 1. The van der Waals surface area contributed by atoms with Crippen LogP contribution >= 0.6 is 0 Å². The molecule has 2 fully saturated rings. The van der Waals surface area contributed by atoms with E-state index < -0.39 is 96.4 Å². The third kappa shape index (κ3) is 15.3. The highest BCUT2D eigenvalue weighted by Crippen LogP contribution is 2.22. The number of nitrogens with one attached hydrogen (secondary N) is 6. The highest BCUT2D eigenvalue weighted by molar-refractivity contribution is 5.98. The monoisotopic (exact) mass is 891 g/mol. The van der Waals surface area contributed by atoms with Crippen LogP contribution in [0.15, 0.2) is 54.6 Å². The summed E-state index contributed by atoms with van der Waals surface area (Å²) in [5.74, 6) is -6.03. The largest absolute Gasteiger partial charge is 0.508 e. The second-order valence-electron chi connectivity index (χ2n) is 17.5. The Morgan fingerprint density at radius 1 is 0.828 bits per heavy atom. The SMILES string of the molecule is CC(C)CCCC(=O)N[C@@H](Cc1ccccc1)C(=O)N[C@H]1C(=O)N[C@@H](Cc2ccc(O)cc2)C(=O)N[C@H](CC(C)C)C(=O)N2CCC[C@H]2C(=O)N[C@@H]([C@@H](C)O)C(=O)NCC(=O)O[C@H]1C. The molecule has 350 valence electrons. The molecule has 18 heteroatoms. The van der Waals surface area contributed by atoms with Crippen LogP contribution in [0.4, 0.5) is 0 Å². The van der Waals surface area contributed by atoms with Crippen LogP contribution < -0.4 is 31.9 Å². The number of amides is 7. The van der Waals surface area contributed by atoms with Crippen molar-refractivity contribution in [3.63, 3.8) is 0 Å². The van der Waals surface area contributed by atoms with Crippen LogP contribution in [0.2, 0.25) is 0 Å². The van der Waals surface area contributed by atoms with Gasteiger partial charge in [0.05, 0.1) is 6.10 Å². The standard InChI is InChI=1S/C46H65N7O11/c1-26(2)12-10-16-37(56)48-33(23-30-13-8-7-9-14-30)42(59)52-40-29(6)64-38(57)25-47-44(61)39(28(5)54)51-43(60)36-15-11-21-53(36)46(63)35(22-27(3)4)50-41(58)34(49-45(40)62)24-31-17-19-32(55)20-18-31/h7-9,13-14,17-20,26-29,33-36,39-40,54-55H,10-12,15-16,21-25H2,1-6H3,(H,47,61)(H,48,56)(H,49,62)(H,50,58)(H,51,60)(H,52,59)/t28-,29+,33+,34+,35-,36+,39+,40-/m1/s1. The minimum atomic E-state index is -1.69. The Morgan fingerprint density at radius 3 is 2.14 bits per heavy atom. The number of carbonyl (C=O) groups excluding carboxylic acids is 8. The van der Waals surface area contributed by atoms with E-state index in [9.17, 15) is 48.6 Å². The molecule has 4 rings (SSSR count). The van der Waals surface area contributed by atoms with Crippen molar-refractivity contribution in [2.45, 2.75) is 141 Å². The average Bonchev–Trinajstić information content (AvgIpc) is 3.73. The molecular weight excluding hydrogens is 827 g/mol. The minimum Gasteiger partial charge on any atom is -0.508 e. The molecule has 0 aromatic heterocycles. The van der Waals surface area contributed by atoms with E-state index in [1.807, 2.05) is 27.7 Å². The van der Waals surface area contributed by atoms with Crippen molar-refractivity contribution in [1.82, 2.24) is 36.8 Å². The summed E-state index contributed by atoms with van der Waals surface area (Å²) in [4.78, 5) is 112. The van der Waals surface area contributed by atoms with Gasteiger partial charge in [0.2, 0.25) is 41.4 Å². The Balaban J connectivity index is 1.75. The number of phenolic OH excluding ortho intramolecular Hbond substituents is 1. The van der Waals surface area contributed by atoms with Crippen molar-refractivity contribution in [3.05, 3.63) is 65.7 Å². The zero-order valence-electron chi connectivity index (χ0n) is 37.6. The van der Waals surface area contributed by atoms with Crippen LogP contribution in [0.25, 0.3) is 0 Å². The molecule has 0 spiro atoms. The highest BCUT2D eigenvalue weighted by Gasteiger charge is 2.41. The molecule has 64 heavy (non-hydrogen) atoms. The molecule has 2 aromatic carbocycles. The van der Waals surface area contributed by atoms with E-state index in [0.717, 1.165) is 6.42 Å². The van der Waals surface area contributed by atoms with Gasteiger partial charge in [0.15, 0.2) is 0 Å². The number of carbonyl (C=O) groups is 8. The number of fused-ring (bicyclic) bond motifs is 1. The van der Waals surface area contributed by atoms with E-state index in [0.29, 0.717) is 29.9 Å². The number of nitrogens with zero attached hydrogens (tertiary/aromatic N) is 1. The van der Waals surface area contributed by atoms with Gasteiger partial charge < -0.3 is 51.8 Å². The number of esters is 1. The quantitative estimate of drug-likeness (QED) is 0.124. The first-order chi connectivity index (χ1) is 30.3. The smallest absolute Gasteiger partial charge is 0.325 e. The van der Waals surface area contributed by atoms with Gasteiger partial charge in [-0.25, -0.2) is 0 Å². The number of rotatable bonds is 14. The first-order valence-corrected chi connectivity index (χ1v) is 22.1. The molecule has 0 radical (unpaired) electrons. The number of cyclic esters (lactones) is 1. The lowest BCUT2D eigenvalue weighted by atomic mass is 9.99. The fraction of sp³-hybridized carbons (Fsp3) is 0.565. The highest BCUT2D eigenvalue weighted by atomic mass is 16.5. The average molecular weight is 892 g/mol. The summed E-state index contributed by atoms with van der Waals surface area (Å²) in [6.07, 6.45) is -0.685. The Labute approximate surface area is 374 Å². The number of hydrogen-bond acceptors (Lipinski definition) is 11. The van der Waals surface area contributed by atoms with Crippen molar-refractivity contribution < 1.29 is 53.3 Å². The normalized spacial score (nSPS) is 23.9. The fourth-order valence-electron chi connectivity index (χ4n) is 7.69. The first-order valence-electron chi connectivity index (χ1n) is 22.1. The van der Waals surface area contributed by atoms with Crippen molar-refractivity contribution in [2.24, 2.45) is 11.8 Å². The van der Waals surface area contributed by atoms with Gasteiger partial charge in [-0.1, -0.05) is 76.6 Å². The Bertz CT molecular complexity index is 1940. The lowest BCUT2D eigenvalue weighted by Crippen LogP contribution is -2.62. The third-order valence-corrected chi connectivity index (χ3v) is 11.1. The van der Waals surface area contributed by atoms with Crippen molar-refractivity contribution in [3.8, 4) is 5.75 Å². The number of aliphatic hydroxyl groups excluding tert-OH is 1. The van der Waals surface area contributed by atoms with Crippen LogP contribution in [0.1, 0.15) is 91.2 Å². The minimum absolute atomic E-state index is 0.0349. The van der Waals surface area contributed by atoms with E-state index in [-0.39, 0.29) is 56.2 Å². The van der Waals surface area contributed by atoms with Crippen molar-refractivity contribution in [1.29, 1.82) is 0 Å². The maximum absolute atomic E-state index is 14.6. The van der Waals surface area contributed by atoms with E-state index in [2.05, 4.69) is 31.9 Å². The lowest BCUT2D eigenvalue weighted by Gasteiger charge is -2.32. The van der Waals surface area contributed by atoms with Crippen LogP contribution in [-0.2, 0) is 55.9 Å². The lowest BCUT2D eigenvalue weighted by molar-refractivity contribution is -0.153. The van der Waals surface area contributed by atoms with Crippen molar-refractivity contribution >= 4 is 47.3 Å². The molecule has 0 unspecified atom stereocenters. The molecule has 0 aliphatic carbocycles. The number of hydrogen-bond donors (Lipinski definition) is 8. The maximum Gasteiger partial charge on any atom is 0.325 e. The summed E-state index contributed by atoms with van der Waals surface area (Å²) < 4.78 is 5.60. The van der Waals surface area contributed by atoms with Gasteiger partial charge in [0.25, 0.3) is 0 Å². The van der Waals surface area contributed by atoms with Crippen LogP contribution in [0, 0.1) is 11.8 Å². The molecule has 0 saturated carbocycles. The summed E-state index contributed by atoms with van der Waals surface area (Å²) in [7, 11) is 0. The molecule has 2 saturated heterocycles. The van der Waals surface area contributed by atoms with Crippen LogP contribution in [-0.4, -0.2) is 124 Å². The van der Waals surface area contributed by atoms with Gasteiger partial charge in [-0.05, 0) is 74.6 Å². The molecule has 7 amide bonds. The summed E-state index contributed by atoms with van der Waals surface area (Å²) in [6.45, 7) is 9.74. The van der Waals surface area contributed by atoms with E-state index in [4.69, 9.17) is 4.74 Å².